The Kier molecular flexibility index (Phi) is 3.96. The largest absolute Gasteiger partial charge is 0.377 e. The van der Waals surface area contributed by atoms with E-state index in [4.69, 9.17) is 4.74 Å². The van der Waals surface area contributed by atoms with Crippen molar-refractivity contribution in [3.8, 4) is 0 Å². The lowest BCUT2D eigenvalue weighted by Crippen LogP contribution is -2.47. The zero-order valence-electron chi connectivity index (χ0n) is 9.52. The van der Waals surface area contributed by atoms with Gasteiger partial charge in [0.1, 0.15) is 0 Å². The highest BCUT2D eigenvalue weighted by Crippen LogP contribution is 2.12. The molecule has 0 saturated carbocycles. The van der Waals surface area contributed by atoms with Gasteiger partial charge in [0, 0.05) is 13.0 Å². The van der Waals surface area contributed by atoms with Crippen LogP contribution >= 0.6 is 11.3 Å². The van der Waals surface area contributed by atoms with Crippen LogP contribution in [0.25, 0.3) is 0 Å². The fourth-order valence-electron chi connectivity index (χ4n) is 1.93. The van der Waals surface area contributed by atoms with E-state index >= 15 is 0 Å². The van der Waals surface area contributed by atoms with Gasteiger partial charge < -0.3 is 9.64 Å². The van der Waals surface area contributed by atoms with E-state index in [1.165, 1.54) is 5.56 Å². The van der Waals surface area contributed by atoms with Crippen LogP contribution < -0.4 is 0 Å². The van der Waals surface area contributed by atoms with Crippen molar-refractivity contribution in [2.75, 3.05) is 19.8 Å². The molecule has 1 fully saturated rings. The Hall–Kier alpha value is -0.870. The maximum absolute atomic E-state index is 12.0. The Morgan fingerprint density at radius 1 is 1.69 bits per heavy atom. The van der Waals surface area contributed by atoms with Crippen LogP contribution in [0.4, 0.5) is 0 Å². The highest BCUT2D eigenvalue weighted by molar-refractivity contribution is 7.07. The molecule has 1 atom stereocenters. The third kappa shape index (κ3) is 2.83. The zero-order valence-corrected chi connectivity index (χ0v) is 10.3. The van der Waals surface area contributed by atoms with Crippen molar-refractivity contribution in [1.82, 2.24) is 4.90 Å². The molecule has 1 aliphatic rings. The lowest BCUT2D eigenvalue weighted by molar-refractivity contribution is -0.139. The van der Waals surface area contributed by atoms with Crippen LogP contribution in [0.2, 0.25) is 0 Å². The Morgan fingerprint density at radius 2 is 2.56 bits per heavy atom. The summed E-state index contributed by atoms with van der Waals surface area (Å²) in [5.41, 5.74) is 1.26. The lowest BCUT2D eigenvalue weighted by atomic mass is 10.1. The zero-order chi connectivity index (χ0) is 11.4. The van der Waals surface area contributed by atoms with Crippen LogP contribution in [0.5, 0.6) is 0 Å². The minimum atomic E-state index is 0.226. The molecule has 0 aliphatic carbocycles. The van der Waals surface area contributed by atoms with Crippen molar-refractivity contribution in [3.05, 3.63) is 22.4 Å². The summed E-state index contributed by atoms with van der Waals surface area (Å²) >= 11 is 1.68. The molecule has 4 heteroatoms. The quantitative estimate of drug-likeness (QED) is 0.806. The summed E-state index contributed by atoms with van der Waals surface area (Å²) in [6, 6.07) is 2.31. The number of nitrogens with zero attached hydrogens (tertiary/aromatic N) is 1. The Bertz CT molecular complexity index is 337. The number of amides is 1. The lowest BCUT2D eigenvalue weighted by Gasteiger charge is -2.33. The highest BCUT2D eigenvalue weighted by atomic mass is 32.1. The molecule has 0 bridgehead atoms. The van der Waals surface area contributed by atoms with Crippen molar-refractivity contribution in [3.63, 3.8) is 0 Å². The highest BCUT2D eigenvalue weighted by Gasteiger charge is 2.23. The number of morpholine rings is 1. The van der Waals surface area contributed by atoms with Gasteiger partial charge in [-0.3, -0.25) is 4.79 Å². The topological polar surface area (TPSA) is 29.5 Å². The van der Waals surface area contributed by atoms with Crippen LogP contribution in [0.3, 0.4) is 0 Å². The number of ether oxygens (including phenoxy) is 1. The van der Waals surface area contributed by atoms with Crippen molar-refractivity contribution < 1.29 is 9.53 Å². The van der Waals surface area contributed by atoms with Crippen molar-refractivity contribution in [2.24, 2.45) is 0 Å². The van der Waals surface area contributed by atoms with Gasteiger partial charge >= 0.3 is 0 Å². The standard InChI is InChI=1S/C12H17NO2S/c1-10-8-15-6-5-13(10)12(14)3-2-11-4-7-16-9-11/h4,7,9-10H,2-3,5-6,8H2,1H3. The molecule has 2 heterocycles. The van der Waals surface area contributed by atoms with Gasteiger partial charge in [-0.15, -0.1) is 0 Å². The molecule has 2 rings (SSSR count). The molecule has 1 aliphatic heterocycles. The maximum Gasteiger partial charge on any atom is 0.223 e. The van der Waals surface area contributed by atoms with Crippen molar-refractivity contribution in [1.29, 1.82) is 0 Å². The minimum Gasteiger partial charge on any atom is -0.377 e. The number of thiophene rings is 1. The molecule has 3 nitrogen and oxygen atoms in total. The van der Waals surface area contributed by atoms with Crippen LogP contribution in [-0.2, 0) is 16.0 Å². The first-order chi connectivity index (χ1) is 7.77. The Labute approximate surface area is 100 Å². The number of carbonyl (C=O) groups excluding carboxylic acids is 1. The summed E-state index contributed by atoms with van der Waals surface area (Å²) in [6.07, 6.45) is 1.47. The molecule has 0 radical (unpaired) electrons. The molecule has 1 aromatic rings. The Morgan fingerprint density at radius 3 is 3.25 bits per heavy atom. The first-order valence-corrected chi connectivity index (χ1v) is 6.60. The van der Waals surface area contributed by atoms with Gasteiger partial charge in [0.2, 0.25) is 5.91 Å². The molecular formula is C12H17NO2S. The SMILES string of the molecule is CC1COCCN1C(=O)CCc1ccsc1. The summed E-state index contributed by atoms with van der Waals surface area (Å²) in [6.45, 7) is 4.13. The van der Waals surface area contributed by atoms with Crippen molar-refractivity contribution >= 4 is 17.2 Å². The van der Waals surface area contributed by atoms with E-state index < -0.39 is 0 Å². The second kappa shape index (κ2) is 5.46. The summed E-state index contributed by atoms with van der Waals surface area (Å²) in [7, 11) is 0. The third-order valence-corrected chi connectivity index (χ3v) is 3.63. The second-order valence-corrected chi connectivity index (χ2v) is 4.92. The molecule has 16 heavy (non-hydrogen) atoms. The van der Waals surface area contributed by atoms with Gasteiger partial charge in [-0.25, -0.2) is 0 Å². The summed E-state index contributed by atoms with van der Waals surface area (Å²) < 4.78 is 5.32. The predicted molar refractivity (Wildman–Crippen MR) is 64.6 cm³/mol. The molecule has 0 spiro atoms. The number of hydrogen-bond donors (Lipinski definition) is 0. The summed E-state index contributed by atoms with van der Waals surface area (Å²) in [5.74, 6) is 0.252. The maximum atomic E-state index is 12.0. The summed E-state index contributed by atoms with van der Waals surface area (Å²) in [5, 5.41) is 4.16. The van der Waals surface area contributed by atoms with E-state index in [0.29, 0.717) is 19.6 Å². The van der Waals surface area contributed by atoms with E-state index in [1.807, 2.05) is 11.8 Å². The van der Waals surface area contributed by atoms with E-state index in [2.05, 4.69) is 16.8 Å². The number of hydrogen-bond acceptors (Lipinski definition) is 3. The molecule has 1 unspecified atom stereocenters. The average Bonchev–Trinajstić information content (AvgIpc) is 2.79. The van der Waals surface area contributed by atoms with E-state index in [1.54, 1.807) is 11.3 Å². The molecule has 0 aromatic carbocycles. The van der Waals surface area contributed by atoms with Crippen LogP contribution in [0.15, 0.2) is 16.8 Å². The number of carbonyl (C=O) groups is 1. The minimum absolute atomic E-state index is 0.226. The smallest absolute Gasteiger partial charge is 0.223 e. The van der Waals surface area contributed by atoms with E-state index in [9.17, 15) is 4.79 Å². The van der Waals surface area contributed by atoms with Crippen LogP contribution in [0.1, 0.15) is 18.9 Å². The normalized spacial score (nSPS) is 21.1. The van der Waals surface area contributed by atoms with E-state index in [0.717, 1.165) is 13.0 Å². The Balaban J connectivity index is 1.83. The van der Waals surface area contributed by atoms with Gasteiger partial charge in [-0.05, 0) is 35.7 Å². The van der Waals surface area contributed by atoms with Gasteiger partial charge in [0.05, 0.1) is 19.3 Å². The summed E-state index contributed by atoms with van der Waals surface area (Å²) in [4.78, 5) is 13.9. The van der Waals surface area contributed by atoms with Gasteiger partial charge in [0.25, 0.3) is 0 Å². The third-order valence-electron chi connectivity index (χ3n) is 2.90. The first-order valence-electron chi connectivity index (χ1n) is 5.65. The predicted octanol–water partition coefficient (Wildman–Crippen LogP) is 1.93. The van der Waals surface area contributed by atoms with Gasteiger partial charge in [-0.2, -0.15) is 11.3 Å². The average molecular weight is 239 g/mol. The fourth-order valence-corrected chi connectivity index (χ4v) is 2.63. The van der Waals surface area contributed by atoms with E-state index in [-0.39, 0.29) is 11.9 Å². The molecule has 1 aromatic heterocycles. The van der Waals surface area contributed by atoms with Gasteiger partial charge in [0.15, 0.2) is 0 Å². The molecule has 0 N–H and O–H groups in total. The second-order valence-electron chi connectivity index (χ2n) is 4.14. The first kappa shape index (κ1) is 11.6. The molecule has 88 valence electrons. The van der Waals surface area contributed by atoms with Crippen LogP contribution in [0, 0.1) is 0 Å². The fraction of sp³-hybridized carbons (Fsp3) is 0.583. The van der Waals surface area contributed by atoms with Crippen molar-refractivity contribution in [2.45, 2.75) is 25.8 Å². The molecule has 1 amide bonds. The number of aryl methyl sites for hydroxylation is 1. The molecule has 1 saturated heterocycles. The monoisotopic (exact) mass is 239 g/mol. The molecular weight excluding hydrogens is 222 g/mol. The number of rotatable bonds is 3. The van der Waals surface area contributed by atoms with Crippen LogP contribution in [-0.4, -0.2) is 36.6 Å². The van der Waals surface area contributed by atoms with Gasteiger partial charge in [-0.1, -0.05) is 0 Å².